The normalized spacial score (nSPS) is 9.90. The first-order valence-electron chi connectivity index (χ1n) is 14.1. The summed E-state index contributed by atoms with van der Waals surface area (Å²) in [5.41, 5.74) is 22.9. The van der Waals surface area contributed by atoms with E-state index in [1.165, 1.54) is 57.0 Å². The minimum Gasteiger partial charge on any atom is -0.373 e. The molecule has 0 radical (unpaired) electrons. The van der Waals surface area contributed by atoms with Crippen molar-refractivity contribution in [3.63, 3.8) is 0 Å². The smallest absolute Gasteiger partial charge is 0.373 e. The SMILES string of the molecule is C.O=c1c2cc(F)c(F)cc2ncn1CCc1ccc(F)cc1.[N-]=[N+]=Nc1cc2ncn(CCc3ccc(F)cc3)c(=O)c2cc1F.[N-]=[N+]=[N-].[Na+]. The Balaban J connectivity index is 0.000000318. The Labute approximate surface area is 308 Å². The summed E-state index contributed by atoms with van der Waals surface area (Å²) in [4.78, 5) is 36.8. The molecule has 0 aliphatic heterocycles. The fourth-order valence-corrected chi connectivity index (χ4v) is 4.57. The van der Waals surface area contributed by atoms with Crippen molar-refractivity contribution in [3.05, 3.63) is 173 Å². The molecule has 12 nitrogen and oxygen atoms in total. The standard InChI is InChI=1S/C16H11F3N2O.C16H11F2N5O.CH4.N3.Na/c17-11-3-1-10(2-4-11)5-6-21-9-20-15-8-14(19)13(18)7-12(15)16(21)22;17-11-3-1-10(2-4-11)5-6-23-9-20-14-8-15(21-22-19)13(18)7-12(14)16(23)24;;1-3-2;/h1-4,7-9H,5-6H2;1-4,7-9H,5-6H2;1H4;;/q;;;-1;+1. The van der Waals surface area contributed by atoms with E-state index in [1.807, 2.05) is 0 Å². The van der Waals surface area contributed by atoms with Crippen molar-refractivity contribution in [2.75, 3.05) is 0 Å². The molecule has 4 aromatic carbocycles. The van der Waals surface area contributed by atoms with Crippen molar-refractivity contribution in [1.29, 1.82) is 0 Å². The fourth-order valence-electron chi connectivity index (χ4n) is 4.57. The molecule has 2 aromatic heterocycles. The van der Waals surface area contributed by atoms with Crippen LogP contribution in [0.5, 0.6) is 0 Å². The largest absolute Gasteiger partial charge is 1.00 e. The van der Waals surface area contributed by atoms with Gasteiger partial charge in [-0.05, 0) is 72.0 Å². The number of nitrogens with zero attached hydrogens (tertiary/aromatic N) is 10. The summed E-state index contributed by atoms with van der Waals surface area (Å²) in [5, 5.41) is 3.35. The van der Waals surface area contributed by atoms with Crippen LogP contribution in [0.1, 0.15) is 18.6 Å². The summed E-state index contributed by atoms with van der Waals surface area (Å²) in [6.45, 7) is 0.638. The van der Waals surface area contributed by atoms with Gasteiger partial charge in [-0.25, -0.2) is 31.9 Å². The van der Waals surface area contributed by atoms with E-state index in [0.717, 1.165) is 29.3 Å². The van der Waals surface area contributed by atoms with Gasteiger partial charge in [-0.1, -0.05) is 36.8 Å². The van der Waals surface area contributed by atoms with E-state index in [9.17, 15) is 31.5 Å². The van der Waals surface area contributed by atoms with Gasteiger partial charge in [-0.15, -0.1) is 0 Å². The van der Waals surface area contributed by atoms with Crippen LogP contribution in [0.4, 0.5) is 27.6 Å². The average Bonchev–Trinajstić information content (AvgIpc) is 3.08. The van der Waals surface area contributed by atoms with Crippen LogP contribution in [-0.2, 0) is 25.9 Å². The Morgan fingerprint density at radius 3 is 1.45 bits per heavy atom. The molecule has 0 fully saturated rings. The van der Waals surface area contributed by atoms with Crippen LogP contribution in [0, 0.1) is 29.1 Å². The van der Waals surface area contributed by atoms with Gasteiger partial charge in [0.05, 0.1) is 40.1 Å². The molecule has 0 spiro atoms. The first kappa shape index (κ1) is 41.6. The van der Waals surface area contributed by atoms with Crippen LogP contribution in [0.25, 0.3) is 48.2 Å². The maximum absolute atomic E-state index is 13.8. The maximum atomic E-state index is 13.8. The number of hydrogen-bond donors (Lipinski definition) is 0. The molecule has 6 aromatic rings. The second-order valence-corrected chi connectivity index (χ2v) is 10.1. The van der Waals surface area contributed by atoms with Crippen molar-refractivity contribution >= 4 is 27.5 Å². The molecular formula is C33H26F5N10NaO2. The topological polar surface area (TPSA) is 177 Å². The van der Waals surface area contributed by atoms with Gasteiger partial charge in [-0.2, -0.15) is 0 Å². The minimum absolute atomic E-state index is 0. The third kappa shape index (κ3) is 11.0. The number of aromatic nitrogens is 4. The van der Waals surface area contributed by atoms with Gasteiger partial charge in [0.1, 0.15) is 17.5 Å². The summed E-state index contributed by atoms with van der Waals surface area (Å²) in [6.07, 6.45) is 3.65. The van der Waals surface area contributed by atoms with E-state index in [-0.39, 0.29) is 76.1 Å². The Morgan fingerprint density at radius 1 is 0.627 bits per heavy atom. The van der Waals surface area contributed by atoms with Gasteiger partial charge in [0.25, 0.3) is 11.1 Å². The van der Waals surface area contributed by atoms with Crippen molar-refractivity contribution in [2.45, 2.75) is 33.4 Å². The monoisotopic (exact) mass is 712 g/mol. The molecule has 256 valence electrons. The first-order chi connectivity index (χ1) is 23.5. The summed E-state index contributed by atoms with van der Waals surface area (Å²) in [5.74, 6) is -3.55. The number of fused-ring (bicyclic) bond motifs is 2. The van der Waals surface area contributed by atoms with Gasteiger partial charge in [0.2, 0.25) is 0 Å². The van der Waals surface area contributed by atoms with E-state index in [4.69, 9.17) is 16.6 Å². The van der Waals surface area contributed by atoms with Gasteiger partial charge < -0.3 is 11.1 Å². The van der Waals surface area contributed by atoms with Crippen LogP contribution < -0.4 is 40.7 Å². The molecule has 0 atom stereocenters. The van der Waals surface area contributed by atoms with Crippen molar-refractivity contribution in [3.8, 4) is 0 Å². The molecule has 0 amide bonds. The fraction of sp³-hybridized carbons (Fsp3) is 0.152. The molecule has 18 heteroatoms. The number of halogens is 5. The predicted molar refractivity (Wildman–Crippen MR) is 178 cm³/mol. The summed E-state index contributed by atoms with van der Waals surface area (Å²) in [7, 11) is 0. The number of rotatable bonds is 7. The molecule has 51 heavy (non-hydrogen) atoms. The van der Waals surface area contributed by atoms with Gasteiger partial charge in [0.15, 0.2) is 11.6 Å². The first-order valence-corrected chi connectivity index (χ1v) is 14.1. The Kier molecular flexibility index (Phi) is 16.0. The van der Waals surface area contributed by atoms with Crippen LogP contribution in [-0.4, -0.2) is 19.1 Å². The van der Waals surface area contributed by atoms with Crippen molar-refractivity contribution in [1.82, 2.24) is 19.1 Å². The van der Waals surface area contributed by atoms with E-state index in [0.29, 0.717) is 25.9 Å². The average molecular weight is 713 g/mol. The van der Waals surface area contributed by atoms with Gasteiger partial charge in [-0.3, -0.25) is 23.6 Å². The van der Waals surface area contributed by atoms with E-state index in [1.54, 1.807) is 24.3 Å². The zero-order valence-corrected chi connectivity index (χ0v) is 28.1. The van der Waals surface area contributed by atoms with Crippen molar-refractivity contribution in [2.24, 2.45) is 5.11 Å². The number of benzene rings is 4. The van der Waals surface area contributed by atoms with E-state index in [2.05, 4.69) is 20.0 Å². The molecule has 0 N–H and O–H groups in total. The van der Waals surface area contributed by atoms with Gasteiger partial charge >= 0.3 is 29.6 Å². The Morgan fingerprint density at radius 2 is 1.02 bits per heavy atom. The third-order valence-corrected chi connectivity index (χ3v) is 7.02. The van der Waals surface area contributed by atoms with Crippen LogP contribution >= 0.6 is 0 Å². The van der Waals surface area contributed by atoms with E-state index >= 15 is 0 Å². The quantitative estimate of drug-likeness (QED) is 0.0706. The molecule has 0 unspecified atom stereocenters. The van der Waals surface area contributed by atoms with Crippen LogP contribution in [0.3, 0.4) is 0 Å². The predicted octanol–water partition coefficient (Wildman–Crippen LogP) is 5.42. The minimum atomic E-state index is -1.08. The number of azide groups is 1. The number of hydrogen-bond acceptors (Lipinski definition) is 5. The Bertz CT molecular complexity index is 2320. The molecule has 0 aliphatic carbocycles. The summed E-state index contributed by atoms with van der Waals surface area (Å²) in [6, 6.07) is 15.9. The second-order valence-electron chi connectivity index (χ2n) is 10.1. The molecule has 0 bridgehead atoms. The van der Waals surface area contributed by atoms with Crippen LogP contribution in [0.2, 0.25) is 0 Å². The molecule has 0 saturated heterocycles. The zero-order valence-electron chi connectivity index (χ0n) is 26.1. The molecular weight excluding hydrogens is 686 g/mol. The van der Waals surface area contributed by atoms with E-state index < -0.39 is 28.6 Å². The molecule has 0 aliphatic rings. The second kappa shape index (κ2) is 19.6. The van der Waals surface area contributed by atoms with Crippen molar-refractivity contribution < 1.29 is 51.5 Å². The molecule has 6 rings (SSSR count). The maximum Gasteiger partial charge on any atom is 1.00 e. The molecule has 2 heterocycles. The summed E-state index contributed by atoms with van der Waals surface area (Å²) >= 11 is 0. The van der Waals surface area contributed by atoms with Gasteiger partial charge in [0, 0.05) is 24.1 Å². The zero-order chi connectivity index (χ0) is 35.5. The Hall–Kier alpha value is -5.57. The summed E-state index contributed by atoms with van der Waals surface area (Å²) < 4.78 is 68.6. The molecule has 0 saturated carbocycles. The number of aryl methyl sites for hydroxylation is 4. The van der Waals surface area contributed by atoms with Crippen LogP contribution in [0.15, 0.2) is 100 Å². The third-order valence-electron chi connectivity index (χ3n) is 7.02.